The lowest BCUT2D eigenvalue weighted by molar-refractivity contribution is -0.384. The minimum Gasteiger partial charge on any atom is -0.261 e. The van der Waals surface area contributed by atoms with Crippen molar-refractivity contribution in [2.75, 3.05) is 5.43 Å². The summed E-state index contributed by atoms with van der Waals surface area (Å²) in [5, 5.41) is 14.6. The molecule has 1 heterocycles. The zero-order chi connectivity index (χ0) is 14.5. The van der Waals surface area contributed by atoms with Gasteiger partial charge in [-0.25, -0.2) is 9.97 Å². The highest BCUT2D eigenvalue weighted by Gasteiger charge is 2.02. The standard InChI is InChI=1S/C13H13N5O2/c1-9-7-13(16-10(2)15-9)17-14-8-11-3-5-12(6-4-11)18(19)20/h3-8H,1-2H3,(H,15,16,17)/b14-8+. The van der Waals surface area contributed by atoms with E-state index in [0.29, 0.717) is 11.6 Å². The number of nitrogens with one attached hydrogen (secondary N) is 1. The van der Waals surface area contributed by atoms with E-state index in [0.717, 1.165) is 11.3 Å². The molecule has 1 N–H and O–H groups in total. The molecule has 0 bridgehead atoms. The number of hydrazone groups is 1. The van der Waals surface area contributed by atoms with Gasteiger partial charge in [-0.05, 0) is 31.5 Å². The monoisotopic (exact) mass is 271 g/mol. The average Bonchev–Trinajstić information content (AvgIpc) is 2.38. The first kappa shape index (κ1) is 13.6. The van der Waals surface area contributed by atoms with Gasteiger partial charge in [0.1, 0.15) is 11.6 Å². The number of benzene rings is 1. The SMILES string of the molecule is Cc1cc(N/N=C/c2ccc([N+](=O)[O-])cc2)nc(C)n1. The maximum atomic E-state index is 10.5. The van der Waals surface area contributed by atoms with Crippen molar-refractivity contribution < 1.29 is 4.92 Å². The van der Waals surface area contributed by atoms with Crippen molar-refractivity contribution in [3.05, 3.63) is 57.5 Å². The summed E-state index contributed by atoms with van der Waals surface area (Å²) in [5.74, 6) is 1.27. The van der Waals surface area contributed by atoms with E-state index < -0.39 is 4.92 Å². The lowest BCUT2D eigenvalue weighted by atomic mass is 10.2. The van der Waals surface area contributed by atoms with Crippen molar-refractivity contribution in [2.24, 2.45) is 5.10 Å². The van der Waals surface area contributed by atoms with Gasteiger partial charge < -0.3 is 0 Å². The quantitative estimate of drug-likeness (QED) is 0.523. The minimum atomic E-state index is -0.439. The van der Waals surface area contributed by atoms with E-state index in [1.165, 1.54) is 12.1 Å². The van der Waals surface area contributed by atoms with Crippen molar-refractivity contribution in [2.45, 2.75) is 13.8 Å². The first-order chi connectivity index (χ1) is 9.54. The molecule has 0 aliphatic heterocycles. The molecule has 2 aromatic rings. The maximum Gasteiger partial charge on any atom is 0.269 e. The van der Waals surface area contributed by atoms with E-state index in [4.69, 9.17) is 0 Å². The largest absolute Gasteiger partial charge is 0.269 e. The Morgan fingerprint density at radius 1 is 1.25 bits per heavy atom. The summed E-state index contributed by atoms with van der Waals surface area (Å²) in [6, 6.07) is 7.89. The molecule has 0 fully saturated rings. The lowest BCUT2D eigenvalue weighted by Gasteiger charge is -2.01. The van der Waals surface area contributed by atoms with E-state index >= 15 is 0 Å². The molecule has 1 aromatic heterocycles. The number of non-ortho nitro benzene ring substituents is 1. The van der Waals surface area contributed by atoms with Crippen LogP contribution in [0.25, 0.3) is 0 Å². The summed E-state index contributed by atoms with van der Waals surface area (Å²) in [7, 11) is 0. The zero-order valence-electron chi connectivity index (χ0n) is 11.1. The highest BCUT2D eigenvalue weighted by molar-refractivity contribution is 5.80. The van der Waals surface area contributed by atoms with Gasteiger partial charge in [0, 0.05) is 23.9 Å². The smallest absolute Gasteiger partial charge is 0.261 e. The molecule has 0 atom stereocenters. The van der Waals surface area contributed by atoms with Crippen molar-refractivity contribution >= 4 is 17.7 Å². The molecule has 0 spiro atoms. The Morgan fingerprint density at radius 2 is 1.95 bits per heavy atom. The second-order valence-electron chi connectivity index (χ2n) is 4.16. The Kier molecular flexibility index (Phi) is 3.99. The predicted octanol–water partition coefficient (Wildman–Crippen LogP) is 2.45. The zero-order valence-corrected chi connectivity index (χ0v) is 11.1. The third-order valence-electron chi connectivity index (χ3n) is 2.46. The normalized spacial score (nSPS) is 10.7. The van der Waals surface area contributed by atoms with Crippen LogP contribution in [0.3, 0.4) is 0 Å². The van der Waals surface area contributed by atoms with Crippen molar-refractivity contribution in [1.29, 1.82) is 0 Å². The molecule has 7 heteroatoms. The highest BCUT2D eigenvalue weighted by atomic mass is 16.6. The average molecular weight is 271 g/mol. The molecular weight excluding hydrogens is 258 g/mol. The van der Waals surface area contributed by atoms with Crippen LogP contribution in [0.15, 0.2) is 35.4 Å². The number of anilines is 1. The molecule has 7 nitrogen and oxygen atoms in total. The summed E-state index contributed by atoms with van der Waals surface area (Å²) in [4.78, 5) is 18.4. The molecule has 0 aliphatic carbocycles. The van der Waals surface area contributed by atoms with Crippen LogP contribution in [0.2, 0.25) is 0 Å². The van der Waals surface area contributed by atoms with Gasteiger partial charge in [0.05, 0.1) is 11.1 Å². The van der Waals surface area contributed by atoms with Gasteiger partial charge in [0.2, 0.25) is 0 Å². The third kappa shape index (κ3) is 3.58. The Labute approximate surface area is 115 Å². The summed E-state index contributed by atoms with van der Waals surface area (Å²) < 4.78 is 0. The van der Waals surface area contributed by atoms with Gasteiger partial charge in [0.15, 0.2) is 0 Å². The van der Waals surface area contributed by atoms with E-state index in [1.807, 2.05) is 6.92 Å². The molecule has 0 amide bonds. The first-order valence-corrected chi connectivity index (χ1v) is 5.90. The number of aromatic nitrogens is 2. The van der Waals surface area contributed by atoms with E-state index in [1.54, 1.807) is 31.3 Å². The van der Waals surface area contributed by atoms with Crippen LogP contribution in [0.5, 0.6) is 0 Å². The minimum absolute atomic E-state index is 0.0529. The van der Waals surface area contributed by atoms with E-state index in [9.17, 15) is 10.1 Å². The van der Waals surface area contributed by atoms with Gasteiger partial charge in [-0.1, -0.05) is 0 Å². The number of rotatable bonds is 4. The molecule has 0 radical (unpaired) electrons. The molecule has 0 saturated carbocycles. The Morgan fingerprint density at radius 3 is 2.55 bits per heavy atom. The molecule has 1 aromatic carbocycles. The van der Waals surface area contributed by atoms with Crippen LogP contribution in [-0.2, 0) is 0 Å². The van der Waals surface area contributed by atoms with E-state index in [-0.39, 0.29) is 5.69 Å². The summed E-state index contributed by atoms with van der Waals surface area (Å²) in [5.41, 5.74) is 4.46. The molecule has 20 heavy (non-hydrogen) atoms. The summed E-state index contributed by atoms with van der Waals surface area (Å²) >= 11 is 0. The number of aryl methyl sites for hydroxylation is 2. The molecule has 2 rings (SSSR count). The Bertz CT molecular complexity index is 632. The molecule has 0 aliphatic rings. The summed E-state index contributed by atoms with van der Waals surface area (Å²) in [6.45, 7) is 3.68. The fourth-order valence-corrected chi connectivity index (χ4v) is 1.63. The van der Waals surface area contributed by atoms with Crippen molar-refractivity contribution in [3.8, 4) is 0 Å². The van der Waals surface area contributed by atoms with Gasteiger partial charge >= 0.3 is 0 Å². The van der Waals surface area contributed by atoms with Crippen LogP contribution < -0.4 is 5.43 Å². The van der Waals surface area contributed by atoms with Crippen LogP contribution in [-0.4, -0.2) is 21.1 Å². The second kappa shape index (κ2) is 5.87. The van der Waals surface area contributed by atoms with E-state index in [2.05, 4.69) is 20.5 Å². The predicted molar refractivity (Wildman–Crippen MR) is 75.8 cm³/mol. The fraction of sp³-hybridized carbons (Fsp3) is 0.154. The maximum absolute atomic E-state index is 10.5. The molecular formula is C13H13N5O2. The number of hydrogen-bond acceptors (Lipinski definition) is 6. The Hall–Kier alpha value is -2.83. The van der Waals surface area contributed by atoms with Gasteiger partial charge in [-0.15, -0.1) is 0 Å². The second-order valence-corrected chi connectivity index (χ2v) is 4.16. The Balaban J connectivity index is 2.04. The number of nitro groups is 1. The van der Waals surface area contributed by atoms with Crippen LogP contribution >= 0.6 is 0 Å². The number of nitrogens with zero attached hydrogens (tertiary/aromatic N) is 4. The van der Waals surface area contributed by atoms with Crippen molar-refractivity contribution in [1.82, 2.24) is 9.97 Å². The molecule has 102 valence electrons. The van der Waals surface area contributed by atoms with Crippen LogP contribution in [0.4, 0.5) is 11.5 Å². The lowest BCUT2D eigenvalue weighted by Crippen LogP contribution is -1.98. The van der Waals surface area contributed by atoms with Gasteiger partial charge in [-0.2, -0.15) is 5.10 Å². The molecule has 0 saturated heterocycles. The fourth-order valence-electron chi connectivity index (χ4n) is 1.63. The topological polar surface area (TPSA) is 93.3 Å². The van der Waals surface area contributed by atoms with Crippen LogP contribution in [0.1, 0.15) is 17.1 Å². The van der Waals surface area contributed by atoms with Gasteiger partial charge in [-0.3, -0.25) is 15.5 Å². The third-order valence-corrected chi connectivity index (χ3v) is 2.46. The summed E-state index contributed by atoms with van der Waals surface area (Å²) in [6.07, 6.45) is 1.57. The van der Waals surface area contributed by atoms with Gasteiger partial charge in [0.25, 0.3) is 5.69 Å². The first-order valence-electron chi connectivity index (χ1n) is 5.90. The number of hydrogen-bond donors (Lipinski definition) is 1. The highest BCUT2D eigenvalue weighted by Crippen LogP contribution is 2.11. The van der Waals surface area contributed by atoms with Crippen molar-refractivity contribution in [3.63, 3.8) is 0 Å². The van der Waals surface area contributed by atoms with Crippen LogP contribution in [0, 0.1) is 24.0 Å². The number of nitro benzene ring substituents is 1. The molecule has 0 unspecified atom stereocenters.